The van der Waals surface area contributed by atoms with Crippen LogP contribution in [0.4, 0.5) is 18.9 Å². The van der Waals surface area contributed by atoms with Gasteiger partial charge in [-0.1, -0.05) is 12.1 Å². The van der Waals surface area contributed by atoms with Crippen molar-refractivity contribution in [1.82, 2.24) is 0 Å². The molecule has 3 N–H and O–H groups in total. The highest BCUT2D eigenvalue weighted by Gasteiger charge is 2.30. The molecule has 2 aromatic carbocycles. The van der Waals surface area contributed by atoms with Gasteiger partial charge in [-0.05, 0) is 41.5 Å². The Morgan fingerprint density at radius 1 is 1.05 bits per heavy atom. The molecule has 104 valence electrons. The van der Waals surface area contributed by atoms with Gasteiger partial charge in [0.05, 0.1) is 11.1 Å². The minimum absolute atomic E-state index is 0.0718. The van der Waals surface area contributed by atoms with Gasteiger partial charge >= 0.3 is 12.1 Å². The minimum Gasteiger partial charge on any atom is -0.478 e. The second-order valence-electron chi connectivity index (χ2n) is 4.23. The van der Waals surface area contributed by atoms with Gasteiger partial charge in [0.1, 0.15) is 0 Å². The Hall–Kier alpha value is -2.50. The molecule has 6 heteroatoms. The number of carbonyl (C=O) groups is 1. The van der Waals surface area contributed by atoms with E-state index in [1.54, 1.807) is 0 Å². The van der Waals surface area contributed by atoms with Gasteiger partial charge < -0.3 is 10.8 Å². The Bertz CT molecular complexity index is 666. The molecule has 3 nitrogen and oxygen atoms in total. The second-order valence-corrected chi connectivity index (χ2v) is 4.23. The molecule has 0 heterocycles. The van der Waals surface area contributed by atoms with Gasteiger partial charge in [-0.15, -0.1) is 0 Å². The first kappa shape index (κ1) is 13.9. The molecule has 0 saturated heterocycles. The number of aromatic carboxylic acids is 1. The van der Waals surface area contributed by atoms with Gasteiger partial charge in [-0.2, -0.15) is 13.2 Å². The standard InChI is InChI=1S/C14H10F3NO2/c15-14(16,17)11-3-1-2-8(5-11)9-4-10(13(19)20)7-12(18)6-9/h1-7H,18H2,(H,19,20). The predicted molar refractivity (Wildman–Crippen MR) is 68.3 cm³/mol. The molecule has 2 aromatic rings. The zero-order valence-electron chi connectivity index (χ0n) is 10.1. The number of nitrogens with two attached hydrogens (primary N) is 1. The molecule has 0 bridgehead atoms. The van der Waals surface area contributed by atoms with E-state index in [0.29, 0.717) is 5.56 Å². The van der Waals surface area contributed by atoms with E-state index in [1.165, 1.54) is 30.3 Å². The smallest absolute Gasteiger partial charge is 0.416 e. The Labute approximate surface area is 112 Å². The molecule has 0 fully saturated rings. The lowest BCUT2D eigenvalue weighted by Gasteiger charge is -2.10. The highest BCUT2D eigenvalue weighted by molar-refractivity contribution is 5.91. The Kier molecular flexibility index (Phi) is 3.40. The monoisotopic (exact) mass is 281 g/mol. The van der Waals surface area contributed by atoms with Crippen LogP contribution in [0.15, 0.2) is 42.5 Å². The van der Waals surface area contributed by atoms with Crippen LogP contribution in [-0.4, -0.2) is 11.1 Å². The van der Waals surface area contributed by atoms with Crippen molar-refractivity contribution in [3.63, 3.8) is 0 Å². The van der Waals surface area contributed by atoms with E-state index >= 15 is 0 Å². The fourth-order valence-electron chi connectivity index (χ4n) is 1.82. The van der Waals surface area contributed by atoms with Crippen molar-refractivity contribution in [2.45, 2.75) is 6.18 Å². The first-order chi connectivity index (χ1) is 9.27. The Morgan fingerprint density at radius 2 is 1.75 bits per heavy atom. The summed E-state index contributed by atoms with van der Waals surface area (Å²) in [5.41, 5.74) is 5.47. The van der Waals surface area contributed by atoms with Crippen molar-refractivity contribution in [3.05, 3.63) is 53.6 Å². The van der Waals surface area contributed by atoms with E-state index in [-0.39, 0.29) is 16.8 Å². The summed E-state index contributed by atoms with van der Waals surface area (Å²) in [6.07, 6.45) is -4.45. The maximum absolute atomic E-state index is 12.7. The SMILES string of the molecule is Nc1cc(C(=O)O)cc(-c2cccc(C(F)(F)F)c2)c1. The molecular formula is C14H10F3NO2. The summed E-state index contributed by atoms with van der Waals surface area (Å²) in [5.74, 6) is -1.19. The van der Waals surface area contributed by atoms with Crippen molar-refractivity contribution in [1.29, 1.82) is 0 Å². The molecule has 0 aromatic heterocycles. The zero-order chi connectivity index (χ0) is 14.9. The number of rotatable bonds is 2. The van der Waals surface area contributed by atoms with Crippen molar-refractivity contribution in [2.75, 3.05) is 5.73 Å². The molecule has 0 radical (unpaired) electrons. The molecule has 0 amide bonds. The number of carboxylic acid groups (broad SMARTS) is 1. The topological polar surface area (TPSA) is 63.3 Å². The summed E-state index contributed by atoms with van der Waals surface area (Å²) in [6, 6.07) is 8.61. The van der Waals surface area contributed by atoms with E-state index in [4.69, 9.17) is 10.8 Å². The van der Waals surface area contributed by atoms with Crippen LogP contribution in [0.5, 0.6) is 0 Å². The quantitative estimate of drug-likeness (QED) is 0.826. The number of hydrogen-bond acceptors (Lipinski definition) is 2. The van der Waals surface area contributed by atoms with Crippen molar-refractivity contribution in [3.8, 4) is 11.1 Å². The van der Waals surface area contributed by atoms with Crippen LogP contribution in [-0.2, 0) is 6.18 Å². The maximum Gasteiger partial charge on any atom is 0.416 e. The molecule has 0 spiro atoms. The van der Waals surface area contributed by atoms with Crippen LogP contribution >= 0.6 is 0 Å². The van der Waals surface area contributed by atoms with E-state index in [9.17, 15) is 18.0 Å². The lowest BCUT2D eigenvalue weighted by molar-refractivity contribution is -0.137. The predicted octanol–water partition coefficient (Wildman–Crippen LogP) is 3.65. The maximum atomic E-state index is 12.7. The van der Waals surface area contributed by atoms with Crippen LogP contribution < -0.4 is 5.73 Å². The normalized spacial score (nSPS) is 11.3. The third-order valence-electron chi connectivity index (χ3n) is 2.73. The minimum atomic E-state index is -4.45. The van der Waals surface area contributed by atoms with Crippen molar-refractivity contribution in [2.24, 2.45) is 0 Å². The van der Waals surface area contributed by atoms with Gasteiger partial charge in [0.15, 0.2) is 0 Å². The van der Waals surface area contributed by atoms with Gasteiger partial charge in [0.25, 0.3) is 0 Å². The van der Waals surface area contributed by atoms with Crippen LogP contribution in [0.25, 0.3) is 11.1 Å². The number of nitrogen functional groups attached to an aromatic ring is 1. The van der Waals surface area contributed by atoms with Crippen LogP contribution in [0.1, 0.15) is 15.9 Å². The lowest BCUT2D eigenvalue weighted by Crippen LogP contribution is -2.04. The molecule has 0 aliphatic carbocycles. The average Bonchev–Trinajstić information content (AvgIpc) is 2.37. The summed E-state index contributed by atoms with van der Waals surface area (Å²) < 4.78 is 38.0. The van der Waals surface area contributed by atoms with E-state index in [0.717, 1.165) is 12.1 Å². The van der Waals surface area contributed by atoms with Gasteiger partial charge in [-0.25, -0.2) is 4.79 Å². The molecule has 2 rings (SSSR count). The van der Waals surface area contributed by atoms with E-state index in [1.807, 2.05) is 0 Å². The van der Waals surface area contributed by atoms with Crippen molar-refractivity contribution >= 4 is 11.7 Å². The Morgan fingerprint density at radius 3 is 2.35 bits per heavy atom. The average molecular weight is 281 g/mol. The molecule has 0 aliphatic rings. The number of carboxylic acids is 1. The molecular weight excluding hydrogens is 271 g/mol. The number of alkyl halides is 3. The highest BCUT2D eigenvalue weighted by atomic mass is 19.4. The molecule has 0 unspecified atom stereocenters. The van der Waals surface area contributed by atoms with Crippen LogP contribution in [0.2, 0.25) is 0 Å². The zero-order valence-corrected chi connectivity index (χ0v) is 10.1. The second kappa shape index (κ2) is 4.88. The molecule has 20 heavy (non-hydrogen) atoms. The summed E-state index contributed by atoms with van der Waals surface area (Å²) in [7, 11) is 0. The third kappa shape index (κ3) is 2.90. The number of benzene rings is 2. The van der Waals surface area contributed by atoms with E-state index in [2.05, 4.69) is 0 Å². The molecule has 0 saturated carbocycles. The first-order valence-corrected chi connectivity index (χ1v) is 5.59. The highest BCUT2D eigenvalue weighted by Crippen LogP contribution is 2.32. The summed E-state index contributed by atoms with van der Waals surface area (Å²) in [4.78, 5) is 10.9. The van der Waals surface area contributed by atoms with Crippen molar-refractivity contribution < 1.29 is 23.1 Å². The number of anilines is 1. The Balaban J connectivity index is 2.54. The third-order valence-corrected chi connectivity index (χ3v) is 2.73. The summed E-state index contributed by atoms with van der Waals surface area (Å²) in [5, 5.41) is 8.93. The fraction of sp³-hybridized carbons (Fsp3) is 0.0714. The van der Waals surface area contributed by atoms with Crippen LogP contribution in [0, 0.1) is 0 Å². The summed E-state index contributed by atoms with van der Waals surface area (Å²) in [6.45, 7) is 0. The molecule has 0 atom stereocenters. The lowest BCUT2D eigenvalue weighted by atomic mass is 10.00. The largest absolute Gasteiger partial charge is 0.478 e. The van der Waals surface area contributed by atoms with Crippen LogP contribution in [0.3, 0.4) is 0 Å². The number of halogens is 3. The summed E-state index contributed by atoms with van der Waals surface area (Å²) >= 11 is 0. The van der Waals surface area contributed by atoms with E-state index < -0.39 is 17.7 Å². The number of hydrogen-bond donors (Lipinski definition) is 2. The van der Waals surface area contributed by atoms with Gasteiger partial charge in [0.2, 0.25) is 0 Å². The molecule has 0 aliphatic heterocycles. The van der Waals surface area contributed by atoms with Gasteiger partial charge in [0, 0.05) is 5.69 Å². The van der Waals surface area contributed by atoms with Gasteiger partial charge in [-0.3, -0.25) is 0 Å². The fourth-order valence-corrected chi connectivity index (χ4v) is 1.82. The first-order valence-electron chi connectivity index (χ1n) is 5.59.